The molecule has 0 amide bonds. The quantitative estimate of drug-likeness (QED) is 0.149. The molecule has 3 rings (SSSR count). The molecular weight excluding hydrogens is 426 g/mol. The van der Waals surface area contributed by atoms with E-state index in [9.17, 15) is 20.3 Å². The molecule has 0 aliphatic carbocycles. The summed E-state index contributed by atoms with van der Waals surface area (Å²) in [5.41, 5.74) is 3.96. The van der Waals surface area contributed by atoms with E-state index in [2.05, 4.69) is 5.32 Å². The van der Waals surface area contributed by atoms with E-state index < -0.39 is 10.7 Å². The minimum absolute atomic E-state index is 0.119. The second kappa shape index (κ2) is 9.67. The smallest absolute Gasteiger partial charge is 0.272 e. The first-order valence-corrected chi connectivity index (χ1v) is 10.3. The van der Waals surface area contributed by atoms with Crippen LogP contribution in [0.5, 0.6) is 0 Å². The fourth-order valence-corrected chi connectivity index (χ4v) is 3.62. The van der Waals surface area contributed by atoms with Gasteiger partial charge in [0.15, 0.2) is 17.4 Å². The van der Waals surface area contributed by atoms with Gasteiger partial charge in [0.2, 0.25) is 5.70 Å². The van der Waals surface area contributed by atoms with Gasteiger partial charge in [0, 0.05) is 28.9 Å². The third kappa shape index (κ3) is 4.99. The van der Waals surface area contributed by atoms with Gasteiger partial charge >= 0.3 is 0 Å². The van der Waals surface area contributed by atoms with Gasteiger partial charge in [-0.25, -0.2) is 0 Å². The average molecular weight is 450 g/mol. The van der Waals surface area contributed by atoms with Gasteiger partial charge in [-0.2, -0.15) is 4.57 Å². The Morgan fingerprint density at radius 3 is 2.53 bits per heavy atom. The van der Waals surface area contributed by atoms with Crippen LogP contribution in [-0.2, 0) is 6.61 Å². The van der Waals surface area contributed by atoms with Gasteiger partial charge in [0.05, 0.1) is 11.5 Å². The first kappa shape index (κ1) is 23.1. The Labute approximate surface area is 191 Å². The third-order valence-corrected chi connectivity index (χ3v) is 5.33. The van der Waals surface area contributed by atoms with E-state index in [0.29, 0.717) is 11.1 Å². The maximum Gasteiger partial charge on any atom is 0.272 e. The van der Waals surface area contributed by atoms with Crippen molar-refractivity contribution < 1.29 is 19.7 Å². The highest BCUT2D eigenvalue weighted by atomic mass is 32.1. The second-order valence-corrected chi connectivity index (χ2v) is 7.89. The van der Waals surface area contributed by atoms with Crippen molar-refractivity contribution in [2.45, 2.75) is 27.4 Å². The van der Waals surface area contributed by atoms with Crippen LogP contribution >= 0.6 is 12.2 Å². The summed E-state index contributed by atoms with van der Waals surface area (Å²) in [6.07, 6.45) is 3.25. The normalized spacial score (nSPS) is 11.6. The molecule has 0 aliphatic rings. The number of nitro benzene ring substituents is 1. The molecule has 0 spiro atoms. The molecule has 1 aromatic heterocycles. The highest BCUT2D eigenvalue weighted by molar-refractivity contribution is 7.81. The van der Waals surface area contributed by atoms with Crippen LogP contribution in [0.1, 0.15) is 27.8 Å². The molecule has 0 aliphatic heterocycles. The van der Waals surface area contributed by atoms with Crippen LogP contribution in [0.25, 0.3) is 11.5 Å². The lowest BCUT2D eigenvalue weighted by Crippen LogP contribution is -2.40. The van der Waals surface area contributed by atoms with E-state index in [1.54, 1.807) is 43.6 Å². The maximum atomic E-state index is 13.5. The van der Waals surface area contributed by atoms with Gasteiger partial charge in [-0.3, -0.25) is 10.1 Å². The van der Waals surface area contributed by atoms with E-state index in [-0.39, 0.29) is 28.5 Å². The van der Waals surface area contributed by atoms with Crippen LogP contribution in [0.2, 0.25) is 0 Å². The highest BCUT2D eigenvalue weighted by Gasteiger charge is 2.21. The third-order valence-electron chi connectivity index (χ3n) is 5.03. The number of aliphatic hydroxyl groups excluding tert-OH is 1. The summed E-state index contributed by atoms with van der Waals surface area (Å²) in [6, 6.07) is 13.6. The number of benzene rings is 2. The average Bonchev–Trinajstić information content (AvgIpc) is 2.76. The maximum absolute atomic E-state index is 13.5. The second-order valence-electron chi connectivity index (χ2n) is 7.49. The van der Waals surface area contributed by atoms with E-state index in [0.717, 1.165) is 16.8 Å². The van der Waals surface area contributed by atoms with Gasteiger partial charge in [0.1, 0.15) is 0 Å². The number of nitrogens with one attached hydrogen (secondary N) is 1. The molecule has 3 aromatic rings. The van der Waals surface area contributed by atoms with E-state index >= 15 is 0 Å². The number of pyridine rings is 1. The monoisotopic (exact) mass is 449 g/mol. The number of nitro groups is 1. The van der Waals surface area contributed by atoms with Gasteiger partial charge < -0.3 is 15.5 Å². The predicted octanol–water partition coefficient (Wildman–Crippen LogP) is 3.43. The number of aliphatic hydroxyl groups is 1. The number of thiocarbonyl (C=S) groups is 1. The Hall–Kier alpha value is -3.62. The lowest BCUT2D eigenvalue weighted by atomic mass is 10.1. The predicted molar refractivity (Wildman–Crippen MR) is 126 cm³/mol. The number of rotatable bonds is 6. The number of aromatic nitrogens is 1. The summed E-state index contributed by atoms with van der Waals surface area (Å²) < 4.78 is 1.53. The Kier molecular flexibility index (Phi) is 6.97. The molecule has 2 N–H and O–H groups in total. The highest BCUT2D eigenvalue weighted by Crippen LogP contribution is 2.25. The van der Waals surface area contributed by atoms with Crippen molar-refractivity contribution in [3.63, 3.8) is 0 Å². The molecule has 2 aromatic carbocycles. The molecule has 32 heavy (non-hydrogen) atoms. The zero-order valence-corrected chi connectivity index (χ0v) is 18.8. The van der Waals surface area contributed by atoms with Gasteiger partial charge in [-0.15, -0.1) is 0 Å². The minimum atomic E-state index is -0.516. The summed E-state index contributed by atoms with van der Waals surface area (Å²) in [6.45, 7) is 5.32. The Bertz CT molecular complexity index is 1240. The minimum Gasteiger partial charge on any atom is -0.867 e. The van der Waals surface area contributed by atoms with Crippen LogP contribution in [0, 0.1) is 30.9 Å². The van der Waals surface area contributed by atoms with E-state index in [1.165, 1.54) is 10.6 Å². The standard InChI is InChI=1S/C24H23N3O4S/c1-15-6-9-20(17(3)11-15)25-24(32)22(26-10-4-5-18(13-26)14-28)23(29)19-8-7-16(2)21(12-19)27(30)31/h4-13,28H,14H2,1-3H3,(H-,25,29,32). The molecule has 0 saturated heterocycles. The van der Waals surface area contributed by atoms with Crippen molar-refractivity contribution in [2.75, 3.05) is 5.32 Å². The Morgan fingerprint density at radius 2 is 1.88 bits per heavy atom. The molecule has 8 heteroatoms. The van der Waals surface area contributed by atoms with Crippen molar-refractivity contribution in [3.05, 3.63) is 98.9 Å². The Balaban J connectivity index is 2.16. The fourth-order valence-electron chi connectivity index (χ4n) is 3.31. The first-order valence-electron chi connectivity index (χ1n) is 9.88. The Morgan fingerprint density at radius 1 is 1.12 bits per heavy atom. The molecule has 0 bridgehead atoms. The number of anilines is 1. The van der Waals surface area contributed by atoms with Crippen LogP contribution in [-0.4, -0.2) is 15.0 Å². The molecule has 7 nitrogen and oxygen atoms in total. The molecule has 0 radical (unpaired) electrons. The van der Waals surface area contributed by atoms with E-state index in [1.807, 2.05) is 32.0 Å². The lowest BCUT2D eigenvalue weighted by molar-refractivity contribution is -0.578. The molecule has 0 fully saturated rings. The summed E-state index contributed by atoms with van der Waals surface area (Å²) in [7, 11) is 0. The van der Waals surface area contributed by atoms with Gasteiger partial charge in [-0.05, 0) is 49.8 Å². The van der Waals surface area contributed by atoms with Crippen molar-refractivity contribution in [3.8, 4) is 0 Å². The van der Waals surface area contributed by atoms with Crippen LogP contribution in [0.4, 0.5) is 11.4 Å². The van der Waals surface area contributed by atoms with Crippen LogP contribution in [0.3, 0.4) is 0 Å². The molecular formula is C24H23N3O4S. The van der Waals surface area contributed by atoms with Gasteiger partial charge in [-0.1, -0.05) is 42.0 Å². The van der Waals surface area contributed by atoms with Crippen molar-refractivity contribution >= 4 is 40.0 Å². The number of aryl methyl sites for hydroxylation is 3. The van der Waals surface area contributed by atoms with Crippen LogP contribution < -0.4 is 15.0 Å². The summed E-state index contributed by atoms with van der Waals surface area (Å²) in [4.78, 5) is 11.0. The topological polar surface area (TPSA) is 102 Å². The summed E-state index contributed by atoms with van der Waals surface area (Å²) >= 11 is 5.61. The number of nitrogens with zero attached hydrogens (tertiary/aromatic N) is 2. The first-order chi connectivity index (χ1) is 15.2. The van der Waals surface area contributed by atoms with Crippen molar-refractivity contribution in [2.24, 2.45) is 0 Å². The molecule has 0 atom stereocenters. The largest absolute Gasteiger partial charge is 0.867 e. The zero-order valence-electron chi connectivity index (χ0n) is 18.0. The van der Waals surface area contributed by atoms with Crippen molar-refractivity contribution in [1.82, 2.24) is 0 Å². The molecule has 1 heterocycles. The molecule has 0 saturated carbocycles. The molecule has 164 valence electrons. The van der Waals surface area contributed by atoms with Crippen LogP contribution in [0.15, 0.2) is 60.9 Å². The van der Waals surface area contributed by atoms with Gasteiger partial charge in [0.25, 0.3) is 5.69 Å². The van der Waals surface area contributed by atoms with E-state index in [4.69, 9.17) is 12.2 Å². The fraction of sp³-hybridized carbons (Fsp3) is 0.167. The summed E-state index contributed by atoms with van der Waals surface area (Å²) in [5.74, 6) is -0.476. The summed E-state index contributed by atoms with van der Waals surface area (Å²) in [5, 5.41) is 37.6. The number of hydrogen-bond acceptors (Lipinski definition) is 5. The zero-order chi connectivity index (χ0) is 23.4. The van der Waals surface area contributed by atoms with Crippen molar-refractivity contribution in [1.29, 1.82) is 0 Å². The number of hydrogen-bond donors (Lipinski definition) is 2. The SMILES string of the molecule is Cc1ccc(NC(=S)/C(=C(\[O-])c2ccc(C)c([N+](=O)[O-])c2)[n+]2cccc(CO)c2)c(C)c1. The lowest BCUT2D eigenvalue weighted by Gasteiger charge is -2.18. The molecule has 0 unspecified atom stereocenters.